The van der Waals surface area contributed by atoms with Crippen molar-refractivity contribution < 1.29 is 24.5 Å². The summed E-state index contributed by atoms with van der Waals surface area (Å²) in [6, 6.07) is 11.2. The lowest BCUT2D eigenvalue weighted by Crippen LogP contribution is -2.08. The van der Waals surface area contributed by atoms with Gasteiger partial charge in [0.25, 0.3) is 0 Å². The molecule has 0 radical (unpaired) electrons. The molecule has 0 spiro atoms. The van der Waals surface area contributed by atoms with Crippen LogP contribution in [-0.2, 0) is 0 Å². The molecule has 0 amide bonds. The average Bonchev–Trinajstić information content (AvgIpc) is 2.62. The molecule has 6 nitrogen and oxygen atoms in total. The van der Waals surface area contributed by atoms with Gasteiger partial charge in [-0.25, -0.2) is 4.79 Å². The first kappa shape index (κ1) is 18.5. The van der Waals surface area contributed by atoms with E-state index in [0.717, 1.165) is 6.42 Å². The van der Waals surface area contributed by atoms with Gasteiger partial charge in [0.15, 0.2) is 0 Å². The number of phenolic OH excluding ortho intramolecular Hbond substituents is 1. The van der Waals surface area contributed by atoms with Crippen molar-refractivity contribution in [1.82, 2.24) is 0 Å². The number of ether oxygens (including phenoxy) is 2. The summed E-state index contributed by atoms with van der Waals surface area (Å²) < 4.78 is 10.7. The number of carbonyl (C=O) groups is 1. The van der Waals surface area contributed by atoms with E-state index in [-0.39, 0.29) is 24.7 Å². The number of hydrogen-bond acceptors (Lipinski definition) is 6. The van der Waals surface area contributed by atoms with Gasteiger partial charge in [0.05, 0.1) is 25.3 Å². The van der Waals surface area contributed by atoms with Crippen molar-refractivity contribution in [3.63, 3.8) is 0 Å². The number of hydrogen-bond donors (Lipinski definition) is 2. The highest BCUT2D eigenvalue weighted by Gasteiger charge is 2.10. The normalized spacial score (nSPS) is 10.8. The fourth-order valence-corrected chi connectivity index (χ4v) is 1.99. The van der Waals surface area contributed by atoms with Crippen LogP contribution >= 0.6 is 0 Å². The molecule has 6 heteroatoms. The Morgan fingerprint density at radius 2 is 1.88 bits per heavy atom. The van der Waals surface area contributed by atoms with E-state index >= 15 is 0 Å². The molecule has 25 heavy (non-hydrogen) atoms. The molecule has 0 atom stereocenters. The van der Waals surface area contributed by atoms with Crippen molar-refractivity contribution in [2.45, 2.75) is 13.3 Å². The summed E-state index contributed by atoms with van der Waals surface area (Å²) in [5.41, 5.74) is 0.864. The Hall–Kier alpha value is -2.86. The standard InChI is InChI=1S/C19H21NO5/c1-2-11-24-16-6-3-14(4-7-16)19(23)25-17-8-5-15(18(22)12-17)13-20-9-10-21/h3-8,12-13,21-22H,2,9-11H2,1H3. The second-order valence-corrected chi connectivity index (χ2v) is 5.24. The van der Waals surface area contributed by atoms with Crippen molar-refractivity contribution in [2.24, 2.45) is 4.99 Å². The van der Waals surface area contributed by atoms with Gasteiger partial charge in [0.2, 0.25) is 0 Å². The van der Waals surface area contributed by atoms with Crippen molar-refractivity contribution in [3.8, 4) is 17.2 Å². The summed E-state index contributed by atoms with van der Waals surface area (Å²) in [6.07, 6.45) is 2.36. The van der Waals surface area contributed by atoms with Crippen LogP contribution in [0.25, 0.3) is 0 Å². The summed E-state index contributed by atoms with van der Waals surface area (Å²) in [6.45, 7) is 2.84. The maximum atomic E-state index is 12.1. The molecule has 0 unspecified atom stereocenters. The first-order valence-corrected chi connectivity index (χ1v) is 8.02. The van der Waals surface area contributed by atoms with Crippen LogP contribution < -0.4 is 9.47 Å². The van der Waals surface area contributed by atoms with Crippen LogP contribution in [-0.4, -0.2) is 42.2 Å². The van der Waals surface area contributed by atoms with Crippen molar-refractivity contribution in [2.75, 3.05) is 19.8 Å². The first-order chi connectivity index (χ1) is 12.1. The highest BCUT2D eigenvalue weighted by molar-refractivity contribution is 5.91. The van der Waals surface area contributed by atoms with Gasteiger partial charge in [-0.15, -0.1) is 0 Å². The van der Waals surface area contributed by atoms with Crippen LogP contribution in [0.2, 0.25) is 0 Å². The molecule has 2 aromatic carbocycles. The maximum Gasteiger partial charge on any atom is 0.343 e. The Balaban J connectivity index is 2.01. The quantitative estimate of drug-likeness (QED) is 0.437. The fraction of sp³-hybridized carbons (Fsp3) is 0.263. The molecule has 132 valence electrons. The Morgan fingerprint density at radius 3 is 2.52 bits per heavy atom. The molecule has 0 saturated carbocycles. The third kappa shape index (κ3) is 5.61. The molecule has 0 bridgehead atoms. The number of esters is 1. The minimum atomic E-state index is -0.525. The zero-order valence-corrected chi connectivity index (χ0v) is 14.0. The number of aliphatic imine (C=N–C) groups is 1. The van der Waals surface area contributed by atoms with Gasteiger partial charge < -0.3 is 19.7 Å². The minimum Gasteiger partial charge on any atom is -0.507 e. The number of carbonyl (C=O) groups excluding carboxylic acids is 1. The van der Waals surface area contributed by atoms with Crippen molar-refractivity contribution in [1.29, 1.82) is 0 Å². The molecule has 0 fully saturated rings. The first-order valence-electron chi connectivity index (χ1n) is 8.02. The van der Waals surface area contributed by atoms with Gasteiger partial charge in [0, 0.05) is 17.8 Å². The molecule has 0 saturated heterocycles. The number of aliphatic hydroxyl groups excluding tert-OH is 1. The molecule has 0 aliphatic carbocycles. The Bertz CT molecular complexity index is 725. The van der Waals surface area contributed by atoms with E-state index in [4.69, 9.17) is 14.6 Å². The van der Waals surface area contributed by atoms with E-state index in [2.05, 4.69) is 4.99 Å². The molecule has 0 aliphatic rings. The SMILES string of the molecule is CCCOc1ccc(C(=O)Oc2ccc(C=NCCO)c(O)c2)cc1. The van der Waals surface area contributed by atoms with E-state index in [1.165, 1.54) is 12.3 Å². The Kier molecular flexibility index (Phi) is 6.98. The van der Waals surface area contributed by atoms with Crippen LogP contribution in [0.15, 0.2) is 47.5 Å². The molecule has 2 aromatic rings. The largest absolute Gasteiger partial charge is 0.507 e. The van der Waals surface area contributed by atoms with Gasteiger partial charge in [-0.1, -0.05) is 6.92 Å². The molecule has 0 aliphatic heterocycles. The lowest BCUT2D eigenvalue weighted by molar-refractivity contribution is 0.0734. The lowest BCUT2D eigenvalue weighted by Gasteiger charge is -2.07. The van der Waals surface area contributed by atoms with E-state index in [1.54, 1.807) is 36.4 Å². The van der Waals surface area contributed by atoms with Gasteiger partial charge in [0.1, 0.15) is 17.2 Å². The van der Waals surface area contributed by atoms with Gasteiger partial charge >= 0.3 is 5.97 Å². The predicted octanol–water partition coefficient (Wildman–Crippen LogP) is 2.81. The molecule has 0 heterocycles. The van der Waals surface area contributed by atoms with Gasteiger partial charge in [-0.05, 0) is 42.8 Å². The maximum absolute atomic E-state index is 12.1. The lowest BCUT2D eigenvalue weighted by atomic mass is 10.2. The number of phenols is 1. The fourth-order valence-electron chi connectivity index (χ4n) is 1.99. The zero-order valence-electron chi connectivity index (χ0n) is 14.0. The van der Waals surface area contributed by atoms with Gasteiger partial charge in [-0.2, -0.15) is 0 Å². The van der Waals surface area contributed by atoms with Crippen molar-refractivity contribution in [3.05, 3.63) is 53.6 Å². The third-order valence-corrected chi connectivity index (χ3v) is 3.23. The van der Waals surface area contributed by atoms with Crippen LogP contribution in [0, 0.1) is 0 Å². The topological polar surface area (TPSA) is 88.4 Å². The van der Waals surface area contributed by atoms with Crippen LogP contribution in [0.4, 0.5) is 0 Å². The second kappa shape index (κ2) is 9.44. The average molecular weight is 343 g/mol. The van der Waals surface area contributed by atoms with Crippen LogP contribution in [0.1, 0.15) is 29.3 Å². The van der Waals surface area contributed by atoms with E-state index < -0.39 is 5.97 Å². The monoisotopic (exact) mass is 343 g/mol. The smallest absolute Gasteiger partial charge is 0.343 e. The number of benzene rings is 2. The Morgan fingerprint density at radius 1 is 1.16 bits per heavy atom. The molecular weight excluding hydrogens is 322 g/mol. The molecule has 2 N–H and O–H groups in total. The summed E-state index contributed by atoms with van der Waals surface area (Å²) in [7, 11) is 0. The number of aliphatic hydroxyl groups is 1. The van der Waals surface area contributed by atoms with Crippen LogP contribution in [0.3, 0.4) is 0 Å². The summed E-state index contributed by atoms with van der Waals surface area (Å²) >= 11 is 0. The van der Waals surface area contributed by atoms with Crippen LogP contribution in [0.5, 0.6) is 17.2 Å². The highest BCUT2D eigenvalue weighted by atomic mass is 16.5. The molecule has 2 rings (SSSR count). The van der Waals surface area contributed by atoms with E-state index in [9.17, 15) is 9.90 Å². The number of rotatable bonds is 8. The predicted molar refractivity (Wildman–Crippen MR) is 94.8 cm³/mol. The third-order valence-electron chi connectivity index (χ3n) is 3.23. The van der Waals surface area contributed by atoms with Gasteiger partial charge in [-0.3, -0.25) is 4.99 Å². The summed E-state index contributed by atoms with van der Waals surface area (Å²) in [4.78, 5) is 16.1. The highest BCUT2D eigenvalue weighted by Crippen LogP contribution is 2.23. The van der Waals surface area contributed by atoms with Crippen molar-refractivity contribution >= 4 is 12.2 Å². The molecule has 0 aromatic heterocycles. The number of nitrogens with zero attached hydrogens (tertiary/aromatic N) is 1. The van der Waals surface area contributed by atoms with E-state index in [0.29, 0.717) is 23.5 Å². The zero-order chi connectivity index (χ0) is 18.1. The summed E-state index contributed by atoms with van der Waals surface area (Å²) in [5.74, 6) is 0.342. The Labute approximate surface area is 146 Å². The van der Waals surface area contributed by atoms with E-state index in [1.807, 2.05) is 6.92 Å². The second-order valence-electron chi connectivity index (χ2n) is 5.24. The molecular formula is C19H21NO5. The number of aromatic hydroxyl groups is 1. The minimum absolute atomic E-state index is 0.0599. The summed E-state index contributed by atoms with van der Waals surface area (Å²) in [5, 5.41) is 18.6.